The monoisotopic (exact) mass is 272 g/mol. The number of carbonyl (C=O) groups is 1. The summed E-state index contributed by atoms with van der Waals surface area (Å²) in [6.07, 6.45) is 1.57. The Morgan fingerprint density at radius 3 is 2.75 bits per heavy atom. The van der Waals surface area contributed by atoms with E-state index in [1.165, 1.54) is 7.11 Å². The molecule has 1 aromatic carbocycles. The number of esters is 1. The topological polar surface area (TPSA) is 51.2 Å². The van der Waals surface area contributed by atoms with Crippen molar-refractivity contribution in [3.63, 3.8) is 0 Å². The minimum absolute atomic E-state index is 0.269. The molecule has 1 unspecified atom stereocenters. The van der Waals surface area contributed by atoms with Crippen molar-refractivity contribution in [2.24, 2.45) is 0 Å². The van der Waals surface area contributed by atoms with Crippen molar-refractivity contribution in [3.8, 4) is 0 Å². The Morgan fingerprint density at radius 2 is 2.05 bits per heavy atom. The fraction of sp³-hybridized carbons (Fsp3) is 0.375. The van der Waals surface area contributed by atoms with Crippen LogP contribution in [0, 0.1) is 0 Å². The molecular formula is C16H20N2O2. The molecule has 1 heterocycles. The lowest BCUT2D eigenvalue weighted by Crippen LogP contribution is -2.44. The number of carbonyl (C=O) groups excluding carboxylic acids is 1. The zero-order valence-electron chi connectivity index (χ0n) is 12.1. The van der Waals surface area contributed by atoms with Crippen molar-refractivity contribution < 1.29 is 9.53 Å². The molecule has 0 amide bonds. The summed E-state index contributed by atoms with van der Waals surface area (Å²) >= 11 is 0. The Balaban J connectivity index is 2.30. The summed E-state index contributed by atoms with van der Waals surface area (Å²) in [4.78, 5) is 16.5. The number of fused-ring (bicyclic) bond motifs is 1. The van der Waals surface area contributed by atoms with Gasteiger partial charge >= 0.3 is 5.97 Å². The van der Waals surface area contributed by atoms with E-state index in [0.29, 0.717) is 12.2 Å². The minimum atomic E-state index is -0.751. The highest BCUT2D eigenvalue weighted by atomic mass is 16.5. The van der Waals surface area contributed by atoms with Crippen LogP contribution in [-0.2, 0) is 9.53 Å². The highest BCUT2D eigenvalue weighted by Gasteiger charge is 2.33. The Morgan fingerprint density at radius 1 is 1.30 bits per heavy atom. The van der Waals surface area contributed by atoms with E-state index in [1.54, 1.807) is 0 Å². The molecule has 4 nitrogen and oxygen atoms in total. The zero-order chi connectivity index (χ0) is 14.6. The van der Waals surface area contributed by atoms with Crippen LogP contribution >= 0.6 is 0 Å². The number of nitrogens with zero attached hydrogens (tertiary/aromatic N) is 1. The van der Waals surface area contributed by atoms with Crippen molar-refractivity contribution in [1.29, 1.82) is 0 Å². The number of anilines is 1. The van der Waals surface area contributed by atoms with Gasteiger partial charge in [-0.25, -0.2) is 9.78 Å². The highest BCUT2D eigenvalue weighted by Crippen LogP contribution is 2.22. The lowest BCUT2D eigenvalue weighted by Gasteiger charge is -2.28. The quantitative estimate of drug-likeness (QED) is 0.848. The van der Waals surface area contributed by atoms with Gasteiger partial charge in [-0.2, -0.15) is 0 Å². The second-order valence-electron chi connectivity index (χ2n) is 5.09. The van der Waals surface area contributed by atoms with Crippen molar-refractivity contribution in [2.45, 2.75) is 32.2 Å². The second kappa shape index (κ2) is 5.90. The molecule has 0 spiro atoms. The van der Waals surface area contributed by atoms with Crippen molar-refractivity contribution in [1.82, 2.24) is 4.98 Å². The number of hydrogen-bond acceptors (Lipinski definition) is 4. The SMILES string of the molecule is CCCC(C)(Nc1ccc2ccccc2n1)C(=O)OC. The van der Waals surface area contributed by atoms with E-state index in [9.17, 15) is 4.79 Å². The first kappa shape index (κ1) is 14.3. The van der Waals surface area contributed by atoms with E-state index in [0.717, 1.165) is 17.3 Å². The van der Waals surface area contributed by atoms with Gasteiger partial charge in [0.1, 0.15) is 11.4 Å². The van der Waals surface area contributed by atoms with Gasteiger partial charge in [-0.15, -0.1) is 0 Å². The third kappa shape index (κ3) is 2.90. The van der Waals surface area contributed by atoms with Crippen LogP contribution in [0.4, 0.5) is 5.82 Å². The average molecular weight is 272 g/mol. The molecule has 20 heavy (non-hydrogen) atoms. The van der Waals surface area contributed by atoms with Crippen molar-refractivity contribution in [3.05, 3.63) is 36.4 Å². The van der Waals surface area contributed by atoms with Gasteiger partial charge in [0.25, 0.3) is 0 Å². The number of nitrogens with one attached hydrogen (secondary N) is 1. The number of methoxy groups -OCH3 is 1. The molecule has 2 aromatic rings. The molecule has 0 aliphatic heterocycles. The number of rotatable bonds is 5. The van der Waals surface area contributed by atoms with E-state index < -0.39 is 5.54 Å². The van der Waals surface area contributed by atoms with Crippen LogP contribution in [0.2, 0.25) is 0 Å². The van der Waals surface area contributed by atoms with Gasteiger partial charge in [-0.1, -0.05) is 31.5 Å². The van der Waals surface area contributed by atoms with Gasteiger partial charge in [0.05, 0.1) is 12.6 Å². The molecule has 2 rings (SSSR count). The molecule has 0 bridgehead atoms. The Hall–Kier alpha value is -2.10. The van der Waals surface area contributed by atoms with Crippen LogP contribution in [0.15, 0.2) is 36.4 Å². The van der Waals surface area contributed by atoms with Gasteiger partial charge in [0.2, 0.25) is 0 Å². The maximum atomic E-state index is 12.0. The van der Waals surface area contributed by atoms with Gasteiger partial charge in [0, 0.05) is 5.39 Å². The standard InChI is InChI=1S/C16H20N2O2/c1-4-11-16(2,15(19)20-3)18-14-10-9-12-7-5-6-8-13(12)17-14/h5-10H,4,11H2,1-3H3,(H,17,18). The normalized spacial score (nSPS) is 13.8. The number of ether oxygens (including phenoxy) is 1. The Labute approximate surface area is 119 Å². The molecule has 1 N–H and O–H groups in total. The number of para-hydroxylation sites is 1. The lowest BCUT2D eigenvalue weighted by molar-refractivity contribution is -0.145. The molecular weight excluding hydrogens is 252 g/mol. The smallest absolute Gasteiger partial charge is 0.331 e. The number of hydrogen-bond donors (Lipinski definition) is 1. The maximum Gasteiger partial charge on any atom is 0.331 e. The molecule has 106 valence electrons. The molecule has 0 aliphatic rings. The summed E-state index contributed by atoms with van der Waals surface area (Å²) < 4.78 is 4.90. The zero-order valence-corrected chi connectivity index (χ0v) is 12.1. The first-order valence-electron chi connectivity index (χ1n) is 6.81. The molecule has 0 radical (unpaired) electrons. The second-order valence-corrected chi connectivity index (χ2v) is 5.09. The molecule has 0 saturated heterocycles. The summed E-state index contributed by atoms with van der Waals surface area (Å²) in [6.45, 7) is 3.88. The minimum Gasteiger partial charge on any atom is -0.467 e. The van der Waals surface area contributed by atoms with E-state index in [2.05, 4.69) is 10.3 Å². The van der Waals surface area contributed by atoms with Crippen LogP contribution < -0.4 is 5.32 Å². The fourth-order valence-corrected chi connectivity index (χ4v) is 2.36. The maximum absolute atomic E-state index is 12.0. The molecule has 0 saturated carbocycles. The summed E-state index contributed by atoms with van der Waals surface area (Å²) in [7, 11) is 1.41. The number of benzene rings is 1. The highest BCUT2D eigenvalue weighted by molar-refractivity contribution is 5.85. The van der Waals surface area contributed by atoms with Gasteiger partial charge in [-0.05, 0) is 31.5 Å². The molecule has 4 heteroatoms. The lowest BCUT2D eigenvalue weighted by atomic mass is 9.96. The van der Waals surface area contributed by atoms with Crippen LogP contribution in [0.1, 0.15) is 26.7 Å². The summed E-state index contributed by atoms with van der Waals surface area (Å²) in [5.41, 5.74) is 0.153. The molecule has 1 atom stereocenters. The summed E-state index contributed by atoms with van der Waals surface area (Å²) in [6, 6.07) is 11.8. The molecule has 0 aliphatic carbocycles. The van der Waals surface area contributed by atoms with Crippen LogP contribution in [-0.4, -0.2) is 23.6 Å². The fourth-order valence-electron chi connectivity index (χ4n) is 2.36. The van der Waals surface area contributed by atoms with Crippen LogP contribution in [0.25, 0.3) is 10.9 Å². The predicted molar refractivity (Wildman–Crippen MR) is 80.7 cm³/mol. The number of pyridine rings is 1. The Bertz CT molecular complexity index is 612. The Kier molecular flexibility index (Phi) is 4.23. The first-order valence-corrected chi connectivity index (χ1v) is 6.81. The van der Waals surface area contributed by atoms with E-state index in [1.807, 2.05) is 50.2 Å². The predicted octanol–water partition coefficient (Wildman–Crippen LogP) is 3.38. The van der Waals surface area contributed by atoms with Gasteiger partial charge in [-0.3, -0.25) is 0 Å². The molecule has 1 aromatic heterocycles. The van der Waals surface area contributed by atoms with Crippen molar-refractivity contribution in [2.75, 3.05) is 12.4 Å². The van der Waals surface area contributed by atoms with Crippen LogP contribution in [0.5, 0.6) is 0 Å². The van der Waals surface area contributed by atoms with Gasteiger partial charge < -0.3 is 10.1 Å². The van der Waals surface area contributed by atoms with Crippen molar-refractivity contribution >= 4 is 22.7 Å². The summed E-state index contributed by atoms with van der Waals surface area (Å²) in [5, 5.41) is 4.29. The largest absolute Gasteiger partial charge is 0.467 e. The third-order valence-electron chi connectivity index (χ3n) is 3.39. The van der Waals surface area contributed by atoms with Crippen LogP contribution in [0.3, 0.4) is 0 Å². The third-order valence-corrected chi connectivity index (χ3v) is 3.39. The van der Waals surface area contributed by atoms with E-state index in [4.69, 9.17) is 4.74 Å². The summed E-state index contributed by atoms with van der Waals surface area (Å²) in [5.74, 6) is 0.416. The van der Waals surface area contributed by atoms with Gasteiger partial charge in [0.15, 0.2) is 0 Å². The molecule has 0 fully saturated rings. The first-order chi connectivity index (χ1) is 9.59. The number of aromatic nitrogens is 1. The average Bonchev–Trinajstić information content (AvgIpc) is 2.46. The van der Waals surface area contributed by atoms with E-state index >= 15 is 0 Å². The van der Waals surface area contributed by atoms with E-state index in [-0.39, 0.29) is 5.97 Å².